The van der Waals surface area contributed by atoms with Gasteiger partial charge in [-0.25, -0.2) is 9.97 Å². The van der Waals surface area contributed by atoms with Crippen molar-refractivity contribution >= 4 is 5.95 Å². The molecule has 0 N–H and O–H groups in total. The van der Waals surface area contributed by atoms with Gasteiger partial charge in [-0.3, -0.25) is 0 Å². The maximum Gasteiger partial charge on any atom is 0.228 e. The van der Waals surface area contributed by atoms with Crippen LogP contribution in [-0.2, 0) is 13.0 Å². The molecule has 0 fully saturated rings. The Hall–Kier alpha value is -2.11. The minimum atomic E-state index is 0.594. The fourth-order valence-electron chi connectivity index (χ4n) is 2.69. The number of ether oxygens (including phenoxy) is 1. The van der Waals surface area contributed by atoms with Crippen molar-refractivity contribution in [3.8, 4) is 5.88 Å². The topological polar surface area (TPSA) is 56.1 Å². The van der Waals surface area contributed by atoms with E-state index in [1.165, 1.54) is 5.82 Å². The normalized spacial score (nSPS) is 17.6. The summed E-state index contributed by atoms with van der Waals surface area (Å²) in [5.74, 6) is 3.10. The zero-order valence-corrected chi connectivity index (χ0v) is 11.9. The molecular weight excluding hydrogens is 254 g/mol. The second kappa shape index (κ2) is 5.48. The Morgan fingerprint density at radius 2 is 2.30 bits per heavy atom. The van der Waals surface area contributed by atoms with Crippen LogP contribution in [-0.4, -0.2) is 40.2 Å². The van der Waals surface area contributed by atoms with E-state index in [0.717, 1.165) is 25.9 Å². The third kappa shape index (κ3) is 2.59. The first kappa shape index (κ1) is 12.9. The van der Waals surface area contributed by atoms with Gasteiger partial charge in [0, 0.05) is 51.2 Å². The van der Waals surface area contributed by atoms with Crippen LogP contribution in [0, 0.1) is 5.92 Å². The molecule has 0 spiro atoms. The lowest BCUT2D eigenvalue weighted by Gasteiger charge is -2.28. The molecule has 1 aliphatic heterocycles. The molecule has 0 aromatic carbocycles. The van der Waals surface area contributed by atoms with Crippen LogP contribution >= 0.6 is 0 Å². The fourth-order valence-corrected chi connectivity index (χ4v) is 2.69. The highest BCUT2D eigenvalue weighted by Gasteiger charge is 2.21. The third-order valence-corrected chi connectivity index (χ3v) is 3.73. The van der Waals surface area contributed by atoms with Gasteiger partial charge in [0.2, 0.25) is 11.8 Å². The molecular formula is C14H19N5O. The summed E-state index contributed by atoms with van der Waals surface area (Å²) in [6, 6.07) is 1.76. The zero-order chi connectivity index (χ0) is 13.9. The Kier molecular flexibility index (Phi) is 3.54. The Bertz CT molecular complexity index is 582. The van der Waals surface area contributed by atoms with E-state index in [1.807, 2.05) is 13.2 Å². The van der Waals surface area contributed by atoms with E-state index >= 15 is 0 Å². The summed E-state index contributed by atoms with van der Waals surface area (Å²) in [5, 5.41) is 0. The average Bonchev–Trinajstić information content (AvgIpc) is 2.95. The Labute approximate surface area is 118 Å². The number of hydrogen-bond acceptors (Lipinski definition) is 5. The Balaban J connectivity index is 1.66. The molecule has 2 aromatic heterocycles. The minimum Gasteiger partial charge on any atom is -0.481 e. The maximum atomic E-state index is 5.14. The molecule has 0 saturated carbocycles. The first-order chi connectivity index (χ1) is 9.76. The van der Waals surface area contributed by atoms with Crippen molar-refractivity contribution in [2.75, 3.05) is 25.6 Å². The van der Waals surface area contributed by atoms with Gasteiger partial charge in [0.05, 0.1) is 7.11 Å². The first-order valence-electron chi connectivity index (χ1n) is 6.84. The SMILES string of the molecule is COc1ccnc(N(C)CC2CCc3nccn3C2)n1. The van der Waals surface area contributed by atoms with Gasteiger partial charge in [0.15, 0.2) is 0 Å². The second-order valence-corrected chi connectivity index (χ2v) is 5.18. The van der Waals surface area contributed by atoms with Gasteiger partial charge in [-0.05, 0) is 12.3 Å². The molecule has 2 aromatic rings. The molecule has 1 aliphatic rings. The van der Waals surface area contributed by atoms with Crippen molar-refractivity contribution in [3.63, 3.8) is 0 Å². The van der Waals surface area contributed by atoms with E-state index in [-0.39, 0.29) is 0 Å². The summed E-state index contributed by atoms with van der Waals surface area (Å²) in [5.41, 5.74) is 0. The highest BCUT2D eigenvalue weighted by Crippen LogP contribution is 2.21. The largest absolute Gasteiger partial charge is 0.481 e. The van der Waals surface area contributed by atoms with Gasteiger partial charge in [0.1, 0.15) is 5.82 Å². The Morgan fingerprint density at radius 3 is 3.15 bits per heavy atom. The summed E-state index contributed by atoms with van der Waals surface area (Å²) in [4.78, 5) is 15.1. The van der Waals surface area contributed by atoms with Crippen molar-refractivity contribution in [2.24, 2.45) is 5.92 Å². The quantitative estimate of drug-likeness (QED) is 0.842. The molecule has 1 atom stereocenters. The standard InChI is InChI=1S/C14H19N5O/c1-18(14-16-6-5-13(17-14)20-2)9-11-3-4-12-15-7-8-19(12)10-11/h5-8,11H,3-4,9-10H2,1-2H3. The summed E-state index contributed by atoms with van der Waals surface area (Å²) < 4.78 is 7.39. The van der Waals surface area contributed by atoms with Crippen molar-refractivity contribution in [1.82, 2.24) is 19.5 Å². The van der Waals surface area contributed by atoms with E-state index in [2.05, 4.69) is 30.6 Å². The van der Waals surface area contributed by atoms with Gasteiger partial charge >= 0.3 is 0 Å². The van der Waals surface area contributed by atoms with Crippen LogP contribution in [0.4, 0.5) is 5.95 Å². The summed E-state index contributed by atoms with van der Waals surface area (Å²) in [6.07, 6.45) is 7.87. The number of hydrogen-bond donors (Lipinski definition) is 0. The maximum absolute atomic E-state index is 5.14. The highest BCUT2D eigenvalue weighted by molar-refractivity contribution is 5.30. The van der Waals surface area contributed by atoms with Crippen LogP contribution in [0.25, 0.3) is 0 Å². The molecule has 0 radical (unpaired) electrons. The monoisotopic (exact) mass is 273 g/mol. The fraction of sp³-hybridized carbons (Fsp3) is 0.500. The lowest BCUT2D eigenvalue weighted by Crippen LogP contribution is -2.32. The van der Waals surface area contributed by atoms with Gasteiger partial charge < -0.3 is 14.2 Å². The third-order valence-electron chi connectivity index (χ3n) is 3.73. The second-order valence-electron chi connectivity index (χ2n) is 5.18. The number of aryl methyl sites for hydroxylation is 1. The minimum absolute atomic E-state index is 0.594. The molecule has 3 heterocycles. The first-order valence-corrected chi connectivity index (χ1v) is 6.84. The van der Waals surface area contributed by atoms with Crippen LogP contribution < -0.4 is 9.64 Å². The number of aromatic nitrogens is 4. The van der Waals surface area contributed by atoms with E-state index in [0.29, 0.717) is 17.7 Å². The molecule has 0 saturated heterocycles. The van der Waals surface area contributed by atoms with Crippen molar-refractivity contribution in [3.05, 3.63) is 30.5 Å². The lowest BCUT2D eigenvalue weighted by atomic mass is 9.99. The van der Waals surface area contributed by atoms with Crippen LogP contribution in [0.15, 0.2) is 24.7 Å². The van der Waals surface area contributed by atoms with Crippen LogP contribution in [0.5, 0.6) is 5.88 Å². The van der Waals surface area contributed by atoms with Crippen LogP contribution in [0.1, 0.15) is 12.2 Å². The van der Waals surface area contributed by atoms with E-state index < -0.39 is 0 Å². The molecule has 6 heteroatoms. The molecule has 20 heavy (non-hydrogen) atoms. The van der Waals surface area contributed by atoms with E-state index in [9.17, 15) is 0 Å². The predicted molar refractivity (Wildman–Crippen MR) is 75.9 cm³/mol. The number of nitrogens with zero attached hydrogens (tertiary/aromatic N) is 5. The van der Waals surface area contributed by atoms with Crippen molar-refractivity contribution in [2.45, 2.75) is 19.4 Å². The average molecular weight is 273 g/mol. The van der Waals surface area contributed by atoms with E-state index in [4.69, 9.17) is 4.74 Å². The van der Waals surface area contributed by atoms with Gasteiger partial charge in [-0.1, -0.05) is 0 Å². The zero-order valence-electron chi connectivity index (χ0n) is 11.9. The summed E-state index contributed by atoms with van der Waals surface area (Å²) in [7, 11) is 3.64. The molecule has 6 nitrogen and oxygen atoms in total. The summed E-state index contributed by atoms with van der Waals surface area (Å²) >= 11 is 0. The molecule has 3 rings (SSSR count). The van der Waals surface area contributed by atoms with Crippen molar-refractivity contribution < 1.29 is 4.74 Å². The number of methoxy groups -OCH3 is 1. The molecule has 1 unspecified atom stereocenters. The number of fused-ring (bicyclic) bond motifs is 1. The molecule has 0 amide bonds. The van der Waals surface area contributed by atoms with Crippen LogP contribution in [0.3, 0.4) is 0 Å². The van der Waals surface area contributed by atoms with Crippen molar-refractivity contribution in [1.29, 1.82) is 0 Å². The lowest BCUT2D eigenvalue weighted by molar-refractivity contribution is 0.366. The molecule has 0 bridgehead atoms. The predicted octanol–water partition coefficient (Wildman–Crippen LogP) is 1.38. The Morgan fingerprint density at radius 1 is 1.40 bits per heavy atom. The molecule has 0 aliphatic carbocycles. The van der Waals surface area contributed by atoms with E-state index in [1.54, 1.807) is 19.4 Å². The summed E-state index contributed by atoms with van der Waals surface area (Å²) in [6.45, 7) is 1.95. The number of anilines is 1. The van der Waals surface area contributed by atoms with Crippen LogP contribution in [0.2, 0.25) is 0 Å². The molecule has 106 valence electrons. The highest BCUT2D eigenvalue weighted by atomic mass is 16.5. The number of imidazole rings is 1. The van der Waals surface area contributed by atoms with Gasteiger partial charge in [-0.15, -0.1) is 0 Å². The smallest absolute Gasteiger partial charge is 0.228 e. The van der Waals surface area contributed by atoms with Gasteiger partial charge in [-0.2, -0.15) is 4.98 Å². The number of rotatable bonds is 4. The van der Waals surface area contributed by atoms with Gasteiger partial charge in [0.25, 0.3) is 0 Å².